The van der Waals surface area contributed by atoms with Gasteiger partial charge in [-0.1, -0.05) is 19.9 Å². The summed E-state index contributed by atoms with van der Waals surface area (Å²) in [6.45, 7) is 4.98. The molecule has 4 heteroatoms. The van der Waals surface area contributed by atoms with Gasteiger partial charge in [0.15, 0.2) is 6.30 Å². The zero-order valence-electron chi connectivity index (χ0n) is 6.46. The van der Waals surface area contributed by atoms with Crippen LogP contribution in [0.25, 0.3) is 0 Å². The van der Waals surface area contributed by atoms with E-state index >= 15 is 0 Å². The van der Waals surface area contributed by atoms with Crippen LogP contribution in [0.5, 0.6) is 0 Å². The molecule has 0 spiro atoms. The van der Waals surface area contributed by atoms with Crippen LogP contribution in [0.4, 0.5) is 9.18 Å². The predicted molar refractivity (Wildman–Crippen MR) is 39.9 cm³/mol. The molecule has 11 heavy (non-hydrogen) atoms. The molecule has 0 aliphatic heterocycles. The summed E-state index contributed by atoms with van der Waals surface area (Å²) in [5.41, 5.74) is 0. The van der Waals surface area contributed by atoms with Crippen molar-refractivity contribution < 1.29 is 14.3 Å². The van der Waals surface area contributed by atoms with E-state index in [4.69, 9.17) is 5.11 Å². The largest absolute Gasteiger partial charge is 0.465 e. The molecule has 3 nitrogen and oxygen atoms in total. The lowest BCUT2D eigenvalue weighted by Crippen LogP contribution is -2.31. The van der Waals surface area contributed by atoms with Gasteiger partial charge in [-0.2, -0.15) is 0 Å². The summed E-state index contributed by atoms with van der Waals surface area (Å²) >= 11 is 0. The number of hydrogen-bond acceptors (Lipinski definition) is 1. The first-order valence-electron chi connectivity index (χ1n) is 3.41. The summed E-state index contributed by atoms with van der Waals surface area (Å²) in [4.78, 5) is 10.8. The van der Waals surface area contributed by atoms with Crippen LogP contribution in [0.1, 0.15) is 19.8 Å². The summed E-state index contributed by atoms with van der Waals surface area (Å²) < 4.78 is 12.8. The molecule has 0 fully saturated rings. The Morgan fingerprint density at radius 2 is 2.45 bits per heavy atom. The molecule has 0 aromatic rings. The molecule has 0 bridgehead atoms. The van der Waals surface area contributed by atoms with Crippen LogP contribution < -0.4 is 0 Å². The van der Waals surface area contributed by atoms with Crippen LogP contribution in [0.15, 0.2) is 12.8 Å². The van der Waals surface area contributed by atoms with E-state index in [1.165, 1.54) is 0 Å². The second kappa shape index (κ2) is 4.71. The lowest BCUT2D eigenvalue weighted by atomic mass is 10.3. The van der Waals surface area contributed by atoms with E-state index in [0.29, 0.717) is 11.3 Å². The number of rotatable bonds is 4. The quantitative estimate of drug-likeness (QED) is 0.642. The van der Waals surface area contributed by atoms with Gasteiger partial charge in [0.2, 0.25) is 0 Å². The van der Waals surface area contributed by atoms with Gasteiger partial charge >= 0.3 is 6.09 Å². The Hall–Kier alpha value is -1.06. The third-order valence-electron chi connectivity index (χ3n) is 1.25. The maximum absolute atomic E-state index is 12.8. The van der Waals surface area contributed by atoms with Gasteiger partial charge < -0.3 is 5.11 Å². The third-order valence-corrected chi connectivity index (χ3v) is 1.25. The Morgan fingerprint density at radius 3 is 2.73 bits per heavy atom. The summed E-state index contributed by atoms with van der Waals surface area (Å²) in [6.07, 6.45) is -0.976. The van der Waals surface area contributed by atoms with E-state index in [-0.39, 0.29) is 6.42 Å². The Labute approximate surface area is 65.1 Å². The van der Waals surface area contributed by atoms with Crippen molar-refractivity contribution in [2.24, 2.45) is 0 Å². The molecule has 0 aromatic carbocycles. The Kier molecular flexibility index (Phi) is 4.26. The molecule has 1 N–H and O–H groups in total. The second-order valence-corrected chi connectivity index (χ2v) is 2.10. The summed E-state index contributed by atoms with van der Waals surface area (Å²) in [6, 6.07) is 0. The molecule has 0 saturated carbocycles. The SMILES string of the molecule is C=CN(C(=O)O)C(F)CCC. The van der Waals surface area contributed by atoms with Crippen molar-refractivity contribution in [3.05, 3.63) is 12.8 Å². The summed E-state index contributed by atoms with van der Waals surface area (Å²) in [7, 11) is 0. The number of halogens is 1. The molecule has 0 rings (SSSR count). The van der Waals surface area contributed by atoms with Crippen molar-refractivity contribution in [1.82, 2.24) is 4.90 Å². The van der Waals surface area contributed by atoms with E-state index in [0.717, 1.165) is 6.20 Å². The Balaban J connectivity index is 4.02. The molecule has 0 saturated heterocycles. The minimum atomic E-state index is -1.46. The van der Waals surface area contributed by atoms with Crippen LogP contribution in [0, 0.1) is 0 Å². The van der Waals surface area contributed by atoms with E-state index in [1.807, 2.05) is 0 Å². The highest BCUT2D eigenvalue weighted by Gasteiger charge is 2.18. The number of amides is 1. The first-order chi connectivity index (χ1) is 5.13. The molecule has 1 atom stereocenters. The molecule has 0 aromatic heterocycles. The molecular weight excluding hydrogens is 149 g/mol. The number of carbonyl (C=O) groups is 1. The maximum atomic E-state index is 12.8. The zero-order chi connectivity index (χ0) is 8.85. The van der Waals surface area contributed by atoms with Gasteiger partial charge in [0.25, 0.3) is 0 Å². The fourth-order valence-corrected chi connectivity index (χ4v) is 0.690. The molecular formula is C7H12FNO2. The smallest absolute Gasteiger partial charge is 0.413 e. The number of hydrogen-bond donors (Lipinski definition) is 1. The first kappa shape index (κ1) is 9.94. The van der Waals surface area contributed by atoms with Crippen LogP contribution in [-0.4, -0.2) is 22.4 Å². The van der Waals surface area contributed by atoms with Gasteiger partial charge in [0, 0.05) is 6.20 Å². The lowest BCUT2D eigenvalue weighted by molar-refractivity contribution is 0.0977. The van der Waals surface area contributed by atoms with Crippen LogP contribution in [-0.2, 0) is 0 Å². The lowest BCUT2D eigenvalue weighted by Gasteiger charge is -2.17. The van der Waals surface area contributed by atoms with Crippen molar-refractivity contribution in [1.29, 1.82) is 0 Å². The minimum Gasteiger partial charge on any atom is -0.465 e. The van der Waals surface area contributed by atoms with Gasteiger partial charge in [-0.25, -0.2) is 9.18 Å². The molecule has 64 valence electrons. The fraction of sp³-hybridized carbons (Fsp3) is 0.571. The summed E-state index contributed by atoms with van der Waals surface area (Å²) in [5, 5.41) is 8.38. The van der Waals surface area contributed by atoms with Gasteiger partial charge in [0.05, 0.1) is 0 Å². The number of nitrogens with zero attached hydrogens (tertiary/aromatic N) is 1. The van der Waals surface area contributed by atoms with Crippen molar-refractivity contribution in [3.8, 4) is 0 Å². The fourth-order valence-electron chi connectivity index (χ4n) is 0.690. The topological polar surface area (TPSA) is 40.5 Å². The van der Waals surface area contributed by atoms with E-state index in [9.17, 15) is 9.18 Å². The predicted octanol–water partition coefficient (Wildman–Crippen LogP) is 2.21. The van der Waals surface area contributed by atoms with Gasteiger partial charge in [-0.3, -0.25) is 4.90 Å². The molecule has 1 amide bonds. The van der Waals surface area contributed by atoms with E-state index < -0.39 is 12.4 Å². The normalized spacial score (nSPS) is 12.2. The average Bonchev–Trinajstić information content (AvgIpc) is 1.88. The molecule has 0 radical (unpaired) electrons. The van der Waals surface area contributed by atoms with Crippen LogP contribution >= 0.6 is 0 Å². The van der Waals surface area contributed by atoms with Crippen LogP contribution in [0.2, 0.25) is 0 Å². The third kappa shape index (κ3) is 3.02. The van der Waals surface area contributed by atoms with Gasteiger partial charge in [0.1, 0.15) is 0 Å². The molecule has 0 aliphatic carbocycles. The Morgan fingerprint density at radius 1 is 1.91 bits per heavy atom. The summed E-state index contributed by atoms with van der Waals surface area (Å²) in [5.74, 6) is 0. The number of carboxylic acid groups (broad SMARTS) is 1. The van der Waals surface area contributed by atoms with Crippen molar-refractivity contribution in [3.63, 3.8) is 0 Å². The highest BCUT2D eigenvalue weighted by molar-refractivity contribution is 5.66. The Bertz CT molecular complexity index is 149. The first-order valence-corrected chi connectivity index (χ1v) is 3.41. The van der Waals surface area contributed by atoms with Crippen molar-refractivity contribution in [2.75, 3.05) is 0 Å². The number of alkyl halides is 1. The van der Waals surface area contributed by atoms with Gasteiger partial charge in [-0.05, 0) is 6.42 Å². The standard InChI is InChI=1S/C7H12FNO2/c1-3-5-6(8)9(4-2)7(10)11/h4,6H,2-3,5H2,1H3,(H,10,11). The second-order valence-electron chi connectivity index (χ2n) is 2.10. The van der Waals surface area contributed by atoms with E-state index in [2.05, 4.69) is 6.58 Å². The molecule has 0 heterocycles. The molecule has 1 unspecified atom stereocenters. The van der Waals surface area contributed by atoms with Gasteiger partial charge in [-0.15, -0.1) is 0 Å². The average molecular weight is 161 g/mol. The van der Waals surface area contributed by atoms with Crippen molar-refractivity contribution in [2.45, 2.75) is 26.1 Å². The van der Waals surface area contributed by atoms with Crippen molar-refractivity contribution >= 4 is 6.09 Å². The maximum Gasteiger partial charge on any atom is 0.413 e. The zero-order valence-corrected chi connectivity index (χ0v) is 6.46. The minimum absolute atomic E-state index is 0.207. The van der Waals surface area contributed by atoms with Crippen LogP contribution in [0.3, 0.4) is 0 Å². The van der Waals surface area contributed by atoms with E-state index in [1.54, 1.807) is 6.92 Å². The molecule has 0 aliphatic rings. The highest BCUT2D eigenvalue weighted by atomic mass is 19.1. The highest BCUT2D eigenvalue weighted by Crippen LogP contribution is 2.08. The monoisotopic (exact) mass is 161 g/mol.